The fourth-order valence-corrected chi connectivity index (χ4v) is 4.81. The minimum absolute atomic E-state index is 0.0276. The maximum Gasteiger partial charge on any atom is 0.416 e. The second-order valence-corrected chi connectivity index (χ2v) is 9.18. The van der Waals surface area contributed by atoms with Crippen LogP contribution in [0, 0.1) is 5.82 Å². The van der Waals surface area contributed by atoms with Gasteiger partial charge in [0.15, 0.2) is 11.6 Å². The van der Waals surface area contributed by atoms with Gasteiger partial charge in [-0.2, -0.15) is 26.3 Å². The molecule has 194 valence electrons. The Bertz CT molecular complexity index is 1100. The summed E-state index contributed by atoms with van der Waals surface area (Å²) in [5.74, 6) is -1.86. The molecule has 0 bridgehead atoms. The number of hydrogen-bond acceptors (Lipinski definition) is 4. The van der Waals surface area contributed by atoms with Crippen LogP contribution in [0.2, 0.25) is 0 Å². The van der Waals surface area contributed by atoms with E-state index in [4.69, 9.17) is 4.74 Å². The quantitative estimate of drug-likeness (QED) is 0.377. The molecule has 0 radical (unpaired) electrons. The van der Waals surface area contributed by atoms with E-state index >= 15 is 0 Å². The molecule has 1 aliphatic heterocycles. The average Bonchev–Trinajstić information content (AvgIpc) is 3.35. The second kappa shape index (κ2) is 9.59. The number of carbonyl (C=O) groups excluding carboxylic acids is 2. The summed E-state index contributed by atoms with van der Waals surface area (Å²) >= 11 is 0. The van der Waals surface area contributed by atoms with E-state index in [0.29, 0.717) is 24.2 Å². The van der Waals surface area contributed by atoms with Crippen molar-refractivity contribution >= 4 is 11.6 Å². The van der Waals surface area contributed by atoms with Crippen LogP contribution in [-0.4, -0.2) is 41.7 Å². The molecule has 11 heteroatoms. The number of benzene rings is 2. The van der Waals surface area contributed by atoms with Crippen LogP contribution < -0.4 is 0 Å². The lowest BCUT2D eigenvalue weighted by atomic mass is 9.95. The van der Waals surface area contributed by atoms with Gasteiger partial charge in [0.2, 0.25) is 0 Å². The first-order valence-electron chi connectivity index (χ1n) is 11.2. The standard InChI is InChI=1S/C25H22F7NO3/c1-13(15-6-16(24(27,28)29)8-17(7-15)25(30,31)32)36-23-12-33(19-9-21(34)22(35)10-19)11-20(23)14-2-4-18(26)5-3-14/h2-8,13,19-20,23H,9-12H2,1H3/t13-,20+,23-/m1/s1. The molecule has 36 heavy (non-hydrogen) atoms. The SMILES string of the molecule is C[C@@H](O[C@@H]1CN(C2CC(=O)C(=O)C2)C[C@H]1c1ccc(F)cc1)c1cc(C(F)(F)F)cc(C(F)(F)F)c1. The minimum Gasteiger partial charge on any atom is -0.369 e. The lowest BCUT2D eigenvalue weighted by Gasteiger charge is -2.25. The van der Waals surface area contributed by atoms with E-state index in [9.17, 15) is 40.3 Å². The van der Waals surface area contributed by atoms with Crippen LogP contribution in [0.4, 0.5) is 30.7 Å². The molecule has 0 aromatic heterocycles. The van der Waals surface area contributed by atoms with E-state index in [0.717, 1.165) is 0 Å². The van der Waals surface area contributed by atoms with Crippen molar-refractivity contribution in [3.63, 3.8) is 0 Å². The highest BCUT2D eigenvalue weighted by Crippen LogP contribution is 2.40. The van der Waals surface area contributed by atoms with Gasteiger partial charge in [0.1, 0.15) is 5.82 Å². The number of carbonyl (C=O) groups is 2. The molecule has 2 aliphatic rings. The Hall–Kier alpha value is -2.79. The number of Topliss-reactive ketones (excluding diaryl/α,β-unsaturated/α-hetero) is 2. The summed E-state index contributed by atoms with van der Waals surface area (Å²) in [4.78, 5) is 25.4. The molecule has 4 rings (SSSR count). The van der Waals surface area contributed by atoms with E-state index in [1.165, 1.54) is 31.2 Å². The predicted octanol–water partition coefficient (Wildman–Crippen LogP) is 5.71. The molecule has 2 fully saturated rings. The second-order valence-electron chi connectivity index (χ2n) is 9.18. The molecule has 2 aromatic rings. The van der Waals surface area contributed by atoms with Crippen molar-refractivity contribution in [1.29, 1.82) is 0 Å². The Morgan fingerprint density at radius 2 is 1.39 bits per heavy atom. The summed E-state index contributed by atoms with van der Waals surface area (Å²) in [6, 6.07) is 6.49. The van der Waals surface area contributed by atoms with E-state index in [2.05, 4.69) is 0 Å². The summed E-state index contributed by atoms with van der Waals surface area (Å²) in [6.45, 7) is 1.88. The smallest absolute Gasteiger partial charge is 0.369 e. The van der Waals surface area contributed by atoms with Crippen molar-refractivity contribution in [3.05, 3.63) is 70.5 Å². The number of hydrogen-bond donors (Lipinski definition) is 0. The number of nitrogens with zero attached hydrogens (tertiary/aromatic N) is 1. The molecule has 1 aliphatic carbocycles. The van der Waals surface area contributed by atoms with Crippen molar-refractivity contribution in [2.45, 2.75) is 56.3 Å². The van der Waals surface area contributed by atoms with Crippen molar-refractivity contribution < 1.29 is 45.1 Å². The Morgan fingerprint density at radius 1 is 0.861 bits per heavy atom. The number of halogens is 7. The number of ketones is 2. The van der Waals surface area contributed by atoms with Gasteiger partial charge in [-0.25, -0.2) is 4.39 Å². The van der Waals surface area contributed by atoms with Crippen LogP contribution in [0.3, 0.4) is 0 Å². The van der Waals surface area contributed by atoms with Gasteiger partial charge in [0, 0.05) is 37.9 Å². The molecule has 3 atom stereocenters. The first-order valence-corrected chi connectivity index (χ1v) is 11.2. The molecule has 1 heterocycles. The monoisotopic (exact) mass is 517 g/mol. The minimum atomic E-state index is -4.99. The van der Waals surface area contributed by atoms with E-state index < -0.39 is 59.0 Å². The van der Waals surface area contributed by atoms with Gasteiger partial charge in [-0.05, 0) is 48.4 Å². The highest BCUT2D eigenvalue weighted by atomic mass is 19.4. The van der Waals surface area contributed by atoms with E-state index in [1.807, 2.05) is 4.90 Å². The summed E-state index contributed by atoms with van der Waals surface area (Å²) in [5.41, 5.74) is -2.51. The summed E-state index contributed by atoms with van der Waals surface area (Å²) in [5, 5.41) is 0. The van der Waals surface area contributed by atoms with Crippen LogP contribution in [0.1, 0.15) is 54.0 Å². The zero-order chi connectivity index (χ0) is 26.4. The first-order chi connectivity index (χ1) is 16.7. The topological polar surface area (TPSA) is 46.6 Å². The largest absolute Gasteiger partial charge is 0.416 e. The third-order valence-corrected chi connectivity index (χ3v) is 6.72. The Labute approximate surface area is 202 Å². The van der Waals surface area contributed by atoms with E-state index in [1.54, 1.807) is 0 Å². The number of likely N-dealkylation sites (tertiary alicyclic amines) is 1. The number of ether oxygens (including phenoxy) is 1. The zero-order valence-corrected chi connectivity index (χ0v) is 19.0. The lowest BCUT2D eigenvalue weighted by molar-refractivity contribution is -0.143. The summed E-state index contributed by atoms with van der Waals surface area (Å²) < 4.78 is 99.4. The van der Waals surface area contributed by atoms with Gasteiger partial charge >= 0.3 is 12.4 Å². The molecule has 0 N–H and O–H groups in total. The van der Waals surface area contributed by atoms with Crippen molar-refractivity contribution in [2.75, 3.05) is 13.1 Å². The van der Waals surface area contributed by atoms with Crippen molar-refractivity contribution in [2.24, 2.45) is 0 Å². The first kappa shape index (κ1) is 26.3. The van der Waals surface area contributed by atoms with Gasteiger partial charge in [0.05, 0.1) is 23.3 Å². The third kappa shape index (κ3) is 5.62. The molecule has 1 saturated carbocycles. The molecular weight excluding hydrogens is 495 g/mol. The fraction of sp³-hybridized carbons (Fsp3) is 0.440. The van der Waals surface area contributed by atoms with Crippen LogP contribution in [0.5, 0.6) is 0 Å². The van der Waals surface area contributed by atoms with E-state index in [-0.39, 0.29) is 37.1 Å². The Morgan fingerprint density at radius 3 is 1.89 bits per heavy atom. The van der Waals surface area contributed by atoms with Crippen molar-refractivity contribution in [3.8, 4) is 0 Å². The average molecular weight is 517 g/mol. The lowest BCUT2D eigenvalue weighted by Crippen LogP contribution is -2.33. The molecule has 0 amide bonds. The molecule has 1 saturated heterocycles. The highest BCUT2D eigenvalue weighted by Gasteiger charge is 2.43. The summed E-state index contributed by atoms with van der Waals surface area (Å²) in [7, 11) is 0. The maximum atomic E-state index is 13.5. The molecular formula is C25H22F7NO3. The fourth-order valence-electron chi connectivity index (χ4n) is 4.81. The van der Waals surface area contributed by atoms with Crippen LogP contribution >= 0.6 is 0 Å². The third-order valence-electron chi connectivity index (χ3n) is 6.72. The molecule has 4 nitrogen and oxygen atoms in total. The van der Waals surface area contributed by atoms with Gasteiger partial charge in [0.25, 0.3) is 0 Å². The maximum absolute atomic E-state index is 13.5. The predicted molar refractivity (Wildman–Crippen MR) is 113 cm³/mol. The Kier molecular flexibility index (Phi) is 7.00. The molecule has 0 spiro atoms. The van der Waals surface area contributed by atoms with Crippen LogP contribution in [-0.2, 0) is 26.7 Å². The highest BCUT2D eigenvalue weighted by molar-refractivity contribution is 6.39. The molecule has 0 unspecified atom stereocenters. The number of alkyl halides is 6. The summed E-state index contributed by atoms with van der Waals surface area (Å²) in [6.07, 6.45) is -11.8. The van der Waals surface area contributed by atoms with Gasteiger partial charge in [-0.3, -0.25) is 14.5 Å². The number of rotatable bonds is 5. The Balaban J connectivity index is 1.62. The van der Waals surface area contributed by atoms with Gasteiger partial charge < -0.3 is 4.74 Å². The molecule has 2 aromatic carbocycles. The van der Waals surface area contributed by atoms with Gasteiger partial charge in [-0.1, -0.05) is 12.1 Å². The van der Waals surface area contributed by atoms with Crippen LogP contribution in [0.25, 0.3) is 0 Å². The normalized spacial score (nSPS) is 23.0. The van der Waals surface area contributed by atoms with Crippen molar-refractivity contribution in [1.82, 2.24) is 4.90 Å². The zero-order valence-electron chi connectivity index (χ0n) is 19.0. The van der Waals surface area contributed by atoms with Crippen LogP contribution in [0.15, 0.2) is 42.5 Å². The van der Waals surface area contributed by atoms with Gasteiger partial charge in [-0.15, -0.1) is 0 Å².